The molecule has 0 spiro atoms. The summed E-state index contributed by atoms with van der Waals surface area (Å²) in [6.45, 7) is 2.36. The van der Waals surface area contributed by atoms with Crippen LogP contribution in [-0.2, 0) is 20.9 Å². The van der Waals surface area contributed by atoms with E-state index in [9.17, 15) is 9.59 Å². The number of esters is 1. The molecule has 0 saturated carbocycles. The summed E-state index contributed by atoms with van der Waals surface area (Å²) >= 11 is 0. The Morgan fingerprint density at radius 1 is 1.22 bits per heavy atom. The molecule has 0 saturated heterocycles. The summed E-state index contributed by atoms with van der Waals surface area (Å²) in [5, 5.41) is 0. The van der Waals surface area contributed by atoms with Crippen LogP contribution >= 0.6 is 0 Å². The van der Waals surface area contributed by atoms with Gasteiger partial charge >= 0.3 is 5.97 Å². The number of ether oxygens (including phenoxy) is 1. The maximum absolute atomic E-state index is 12.7. The van der Waals surface area contributed by atoms with E-state index in [-0.39, 0.29) is 12.5 Å². The first-order chi connectivity index (χ1) is 11.2. The lowest BCUT2D eigenvalue weighted by Gasteiger charge is -2.16. The first kappa shape index (κ1) is 15.0. The van der Waals surface area contributed by atoms with Crippen LogP contribution in [0.15, 0.2) is 54.7 Å². The van der Waals surface area contributed by atoms with E-state index in [1.807, 2.05) is 42.5 Å². The monoisotopic (exact) mass is 308 g/mol. The minimum absolute atomic E-state index is 0.218. The summed E-state index contributed by atoms with van der Waals surface area (Å²) in [5.41, 5.74) is 2.66. The fourth-order valence-corrected chi connectivity index (χ4v) is 2.56. The third-order valence-corrected chi connectivity index (χ3v) is 3.56. The highest BCUT2D eigenvalue weighted by Gasteiger charge is 2.32. The number of nitrogens with zero attached hydrogens (tertiary/aromatic N) is 2. The van der Waals surface area contributed by atoms with Crippen molar-refractivity contribution < 1.29 is 14.3 Å². The predicted molar refractivity (Wildman–Crippen MR) is 86.5 cm³/mol. The molecule has 0 fully saturated rings. The molecule has 0 aliphatic carbocycles. The average Bonchev–Trinajstić information content (AvgIpc) is 2.82. The highest BCUT2D eigenvalue weighted by Crippen LogP contribution is 2.37. The summed E-state index contributed by atoms with van der Waals surface area (Å²) in [6, 6.07) is 13.0. The molecule has 116 valence electrons. The molecule has 1 amide bonds. The number of carbonyl (C=O) groups excluding carboxylic acids is 2. The molecule has 1 aromatic carbocycles. The highest BCUT2D eigenvalue weighted by atomic mass is 16.5. The van der Waals surface area contributed by atoms with Crippen LogP contribution in [0.1, 0.15) is 18.2 Å². The third kappa shape index (κ3) is 2.99. The van der Waals surface area contributed by atoms with Gasteiger partial charge in [-0.1, -0.05) is 24.3 Å². The van der Waals surface area contributed by atoms with Gasteiger partial charge in [0.05, 0.1) is 30.1 Å². The van der Waals surface area contributed by atoms with Crippen LogP contribution in [0.5, 0.6) is 0 Å². The summed E-state index contributed by atoms with van der Waals surface area (Å²) in [6.07, 6.45) is 2.96. The van der Waals surface area contributed by atoms with E-state index >= 15 is 0 Å². The van der Waals surface area contributed by atoms with Gasteiger partial charge in [0.15, 0.2) is 0 Å². The molecule has 0 radical (unpaired) electrons. The van der Waals surface area contributed by atoms with Crippen molar-refractivity contribution in [2.45, 2.75) is 13.5 Å². The second kappa shape index (κ2) is 6.44. The zero-order valence-corrected chi connectivity index (χ0v) is 12.7. The van der Waals surface area contributed by atoms with Gasteiger partial charge in [0.1, 0.15) is 0 Å². The largest absolute Gasteiger partial charge is 0.463 e. The average molecular weight is 308 g/mol. The van der Waals surface area contributed by atoms with E-state index in [1.165, 1.54) is 6.08 Å². The predicted octanol–water partition coefficient (Wildman–Crippen LogP) is 2.57. The molecule has 0 N–H and O–H groups in total. The quantitative estimate of drug-likeness (QED) is 0.643. The van der Waals surface area contributed by atoms with Gasteiger partial charge in [-0.2, -0.15) is 0 Å². The van der Waals surface area contributed by atoms with Crippen molar-refractivity contribution in [1.82, 2.24) is 4.98 Å². The van der Waals surface area contributed by atoms with Gasteiger partial charge in [-0.05, 0) is 25.1 Å². The number of benzene rings is 1. The van der Waals surface area contributed by atoms with E-state index in [0.717, 1.165) is 16.9 Å². The number of carbonyl (C=O) groups is 2. The van der Waals surface area contributed by atoms with Gasteiger partial charge in [-0.3, -0.25) is 9.78 Å². The fourth-order valence-electron chi connectivity index (χ4n) is 2.56. The Labute approximate surface area is 134 Å². The zero-order valence-electron chi connectivity index (χ0n) is 12.7. The van der Waals surface area contributed by atoms with Crippen molar-refractivity contribution in [2.24, 2.45) is 0 Å². The first-order valence-corrected chi connectivity index (χ1v) is 7.40. The van der Waals surface area contributed by atoms with Crippen LogP contribution in [0.2, 0.25) is 0 Å². The van der Waals surface area contributed by atoms with Gasteiger partial charge < -0.3 is 9.64 Å². The Kier molecular flexibility index (Phi) is 4.19. The molecule has 0 atom stereocenters. The van der Waals surface area contributed by atoms with Crippen molar-refractivity contribution in [1.29, 1.82) is 0 Å². The molecule has 1 aliphatic rings. The number of aromatic nitrogens is 1. The summed E-state index contributed by atoms with van der Waals surface area (Å²) < 4.78 is 4.92. The number of amides is 1. The minimum atomic E-state index is -0.509. The number of hydrogen-bond donors (Lipinski definition) is 0. The van der Waals surface area contributed by atoms with Crippen molar-refractivity contribution in [3.63, 3.8) is 0 Å². The minimum Gasteiger partial charge on any atom is -0.463 e. The number of anilines is 1. The molecular formula is C18H16N2O3. The molecular weight excluding hydrogens is 292 g/mol. The molecule has 5 heteroatoms. The first-order valence-electron chi connectivity index (χ1n) is 7.40. The molecule has 0 bridgehead atoms. The molecule has 1 aromatic heterocycles. The van der Waals surface area contributed by atoms with Gasteiger partial charge in [0, 0.05) is 17.8 Å². The van der Waals surface area contributed by atoms with Crippen LogP contribution < -0.4 is 4.90 Å². The third-order valence-electron chi connectivity index (χ3n) is 3.56. The van der Waals surface area contributed by atoms with Crippen molar-refractivity contribution in [3.05, 3.63) is 66.0 Å². The molecule has 2 aromatic rings. The molecule has 3 rings (SSSR count). The smallest absolute Gasteiger partial charge is 0.331 e. The van der Waals surface area contributed by atoms with Crippen molar-refractivity contribution in [2.75, 3.05) is 11.5 Å². The molecule has 1 aliphatic heterocycles. The summed E-state index contributed by atoms with van der Waals surface area (Å²) in [5.74, 6) is -0.727. The van der Waals surface area contributed by atoms with Crippen molar-refractivity contribution in [3.8, 4) is 0 Å². The van der Waals surface area contributed by atoms with Crippen LogP contribution in [-0.4, -0.2) is 23.5 Å². The van der Waals surface area contributed by atoms with Gasteiger partial charge in [-0.15, -0.1) is 0 Å². The molecule has 5 nitrogen and oxygen atoms in total. The van der Waals surface area contributed by atoms with E-state index in [4.69, 9.17) is 4.74 Å². The van der Waals surface area contributed by atoms with Crippen molar-refractivity contribution >= 4 is 23.1 Å². The maximum Gasteiger partial charge on any atom is 0.331 e. The van der Waals surface area contributed by atoms with Gasteiger partial charge in [-0.25, -0.2) is 4.79 Å². The van der Waals surface area contributed by atoms with Crippen LogP contribution in [0, 0.1) is 0 Å². The zero-order chi connectivity index (χ0) is 16.2. The second-order valence-electron chi connectivity index (χ2n) is 5.04. The van der Waals surface area contributed by atoms with E-state index < -0.39 is 5.97 Å². The van der Waals surface area contributed by atoms with Crippen LogP contribution in [0.25, 0.3) is 5.57 Å². The molecule has 0 unspecified atom stereocenters. The Bertz CT molecular complexity index is 769. The summed E-state index contributed by atoms with van der Waals surface area (Å²) in [7, 11) is 0. The molecule has 2 heterocycles. The number of fused-ring (bicyclic) bond motifs is 1. The number of pyridine rings is 1. The SMILES string of the molecule is CCOC(=O)/C=C1/C(=O)N(Cc2ccccn2)c2ccccc21. The van der Waals surface area contributed by atoms with Crippen LogP contribution in [0.4, 0.5) is 5.69 Å². The Morgan fingerprint density at radius 3 is 2.74 bits per heavy atom. The van der Waals surface area contributed by atoms with E-state index in [0.29, 0.717) is 12.1 Å². The maximum atomic E-state index is 12.7. The number of rotatable bonds is 4. The summed E-state index contributed by atoms with van der Waals surface area (Å²) in [4.78, 5) is 30.4. The number of para-hydroxylation sites is 1. The van der Waals surface area contributed by atoms with Gasteiger partial charge in [0.2, 0.25) is 0 Å². The topological polar surface area (TPSA) is 59.5 Å². The standard InChI is InChI=1S/C18H16N2O3/c1-2-23-17(21)11-15-14-8-3-4-9-16(14)20(18(15)22)12-13-7-5-6-10-19-13/h3-11H,2,12H2,1H3/b15-11+. The lowest BCUT2D eigenvalue weighted by molar-refractivity contribution is -0.137. The lowest BCUT2D eigenvalue weighted by Crippen LogP contribution is -2.26. The lowest BCUT2D eigenvalue weighted by atomic mass is 10.1. The highest BCUT2D eigenvalue weighted by molar-refractivity contribution is 6.34. The Hall–Kier alpha value is -2.95. The molecule has 23 heavy (non-hydrogen) atoms. The Balaban J connectivity index is 1.97. The van der Waals surface area contributed by atoms with Gasteiger partial charge in [0.25, 0.3) is 5.91 Å². The number of hydrogen-bond acceptors (Lipinski definition) is 4. The normalized spacial score (nSPS) is 14.9. The second-order valence-corrected chi connectivity index (χ2v) is 5.04. The fraction of sp³-hybridized carbons (Fsp3) is 0.167. The van der Waals surface area contributed by atoms with E-state index in [1.54, 1.807) is 18.0 Å². The van der Waals surface area contributed by atoms with E-state index in [2.05, 4.69) is 4.98 Å². The Morgan fingerprint density at radius 2 is 2.00 bits per heavy atom. The van der Waals surface area contributed by atoms with Crippen LogP contribution in [0.3, 0.4) is 0 Å².